The van der Waals surface area contributed by atoms with E-state index < -0.39 is 0 Å². The summed E-state index contributed by atoms with van der Waals surface area (Å²) in [5, 5.41) is 4.03. The van der Waals surface area contributed by atoms with E-state index in [1.807, 2.05) is 0 Å². The van der Waals surface area contributed by atoms with Gasteiger partial charge in [-0.1, -0.05) is 24.4 Å². The minimum Gasteiger partial charge on any atom is -0.337 e. The Bertz CT molecular complexity index is 350. The highest BCUT2D eigenvalue weighted by Crippen LogP contribution is 2.40. The number of aromatic nitrogens is 2. The molecule has 0 unspecified atom stereocenters. The molecular weight excluding hydrogens is 190 g/mol. The fourth-order valence-electron chi connectivity index (χ4n) is 2.34. The first-order valence-electron chi connectivity index (χ1n) is 5.91. The molecule has 4 heteroatoms. The minimum absolute atomic E-state index is 0.335. The van der Waals surface area contributed by atoms with Crippen molar-refractivity contribution in [2.45, 2.75) is 56.4 Å². The van der Waals surface area contributed by atoms with Gasteiger partial charge in [0, 0.05) is 5.92 Å². The van der Waals surface area contributed by atoms with Crippen molar-refractivity contribution in [2.24, 2.45) is 5.73 Å². The van der Waals surface area contributed by atoms with E-state index in [4.69, 9.17) is 10.3 Å². The molecule has 3 rings (SSSR count). The molecule has 1 aromatic rings. The van der Waals surface area contributed by atoms with Crippen molar-refractivity contribution in [3.05, 3.63) is 11.7 Å². The molecule has 1 aromatic heterocycles. The van der Waals surface area contributed by atoms with Gasteiger partial charge in [-0.15, -0.1) is 0 Å². The normalized spacial score (nSPS) is 25.4. The van der Waals surface area contributed by atoms with Crippen LogP contribution in [0.2, 0.25) is 0 Å². The Balaban J connectivity index is 1.83. The molecule has 0 radical (unpaired) electrons. The molecule has 1 heterocycles. The highest BCUT2D eigenvalue weighted by atomic mass is 16.5. The van der Waals surface area contributed by atoms with Crippen molar-refractivity contribution in [2.75, 3.05) is 0 Å². The van der Waals surface area contributed by atoms with Crippen LogP contribution in [-0.4, -0.2) is 10.1 Å². The fraction of sp³-hybridized carbons (Fsp3) is 0.818. The number of nitrogens with two attached hydrogens (primary N) is 1. The lowest BCUT2D eigenvalue weighted by atomic mass is 9.82. The van der Waals surface area contributed by atoms with Gasteiger partial charge in [0.1, 0.15) is 0 Å². The Hall–Kier alpha value is -0.900. The van der Waals surface area contributed by atoms with Crippen molar-refractivity contribution in [3.8, 4) is 0 Å². The van der Waals surface area contributed by atoms with Crippen LogP contribution in [0, 0.1) is 0 Å². The van der Waals surface area contributed by atoms with Crippen LogP contribution in [0.4, 0.5) is 0 Å². The Morgan fingerprint density at radius 3 is 2.60 bits per heavy atom. The van der Waals surface area contributed by atoms with Crippen molar-refractivity contribution >= 4 is 0 Å². The van der Waals surface area contributed by atoms with Crippen LogP contribution in [0.5, 0.6) is 0 Å². The highest BCUT2D eigenvalue weighted by molar-refractivity contribution is 5.09. The third-order valence-corrected chi connectivity index (χ3v) is 3.56. The first-order valence-corrected chi connectivity index (χ1v) is 5.91. The van der Waals surface area contributed by atoms with Crippen LogP contribution in [0.1, 0.15) is 62.6 Å². The van der Waals surface area contributed by atoms with Crippen molar-refractivity contribution in [1.82, 2.24) is 10.1 Å². The molecular formula is C11H17N3O. The summed E-state index contributed by atoms with van der Waals surface area (Å²) in [6.07, 6.45) is 8.02. The summed E-state index contributed by atoms with van der Waals surface area (Å²) in [6, 6.07) is 0. The smallest absolute Gasteiger partial charge is 0.246 e. The van der Waals surface area contributed by atoms with Gasteiger partial charge in [0.2, 0.25) is 5.89 Å². The van der Waals surface area contributed by atoms with Gasteiger partial charge in [0.05, 0.1) is 5.54 Å². The third-order valence-electron chi connectivity index (χ3n) is 3.56. The van der Waals surface area contributed by atoms with Crippen LogP contribution in [0.3, 0.4) is 0 Å². The van der Waals surface area contributed by atoms with E-state index >= 15 is 0 Å². The second-order valence-electron chi connectivity index (χ2n) is 4.95. The van der Waals surface area contributed by atoms with Gasteiger partial charge in [-0.3, -0.25) is 0 Å². The lowest BCUT2D eigenvalue weighted by molar-refractivity contribution is 0.219. The number of nitrogens with zero attached hydrogens (tertiary/aromatic N) is 2. The first kappa shape index (κ1) is 9.33. The lowest BCUT2D eigenvalue weighted by Gasteiger charge is -2.29. The van der Waals surface area contributed by atoms with Gasteiger partial charge < -0.3 is 10.3 Å². The number of hydrogen-bond donors (Lipinski definition) is 1. The van der Waals surface area contributed by atoms with Crippen LogP contribution < -0.4 is 5.73 Å². The summed E-state index contributed by atoms with van der Waals surface area (Å²) in [5.74, 6) is 2.10. The second kappa shape index (κ2) is 3.30. The van der Waals surface area contributed by atoms with Gasteiger partial charge >= 0.3 is 0 Å². The van der Waals surface area contributed by atoms with Gasteiger partial charge in [-0.05, 0) is 25.7 Å². The molecule has 2 saturated carbocycles. The topological polar surface area (TPSA) is 64.9 Å². The summed E-state index contributed by atoms with van der Waals surface area (Å²) in [4.78, 5) is 4.46. The SMILES string of the molecule is NC1(c2nc(C3CC3)no2)CCCCC1. The zero-order chi connectivity index (χ0) is 10.3. The summed E-state index contributed by atoms with van der Waals surface area (Å²) in [5.41, 5.74) is 5.98. The number of hydrogen-bond acceptors (Lipinski definition) is 4. The van der Waals surface area contributed by atoms with E-state index in [1.54, 1.807) is 0 Å². The van der Waals surface area contributed by atoms with E-state index in [-0.39, 0.29) is 5.54 Å². The lowest BCUT2D eigenvalue weighted by Crippen LogP contribution is -2.38. The van der Waals surface area contributed by atoms with Crippen LogP contribution in [0.25, 0.3) is 0 Å². The molecule has 0 amide bonds. The van der Waals surface area contributed by atoms with Crippen LogP contribution in [0.15, 0.2) is 4.52 Å². The van der Waals surface area contributed by atoms with Gasteiger partial charge in [0.25, 0.3) is 0 Å². The van der Waals surface area contributed by atoms with E-state index in [0.717, 1.165) is 18.7 Å². The Kier molecular flexibility index (Phi) is 2.06. The summed E-state index contributed by atoms with van der Waals surface area (Å²) in [7, 11) is 0. The van der Waals surface area contributed by atoms with Gasteiger partial charge in [0.15, 0.2) is 5.82 Å². The van der Waals surface area contributed by atoms with E-state index in [1.165, 1.54) is 32.1 Å². The zero-order valence-electron chi connectivity index (χ0n) is 8.91. The Morgan fingerprint density at radius 1 is 1.20 bits per heavy atom. The maximum atomic E-state index is 6.32. The Labute approximate surface area is 89.2 Å². The molecule has 0 spiro atoms. The third kappa shape index (κ3) is 1.67. The van der Waals surface area contributed by atoms with Crippen molar-refractivity contribution < 1.29 is 4.52 Å². The largest absolute Gasteiger partial charge is 0.337 e. The molecule has 2 N–H and O–H groups in total. The predicted molar refractivity (Wildman–Crippen MR) is 55.2 cm³/mol. The summed E-state index contributed by atoms with van der Waals surface area (Å²) in [6.45, 7) is 0. The van der Waals surface area contributed by atoms with Crippen LogP contribution >= 0.6 is 0 Å². The monoisotopic (exact) mass is 207 g/mol. The second-order valence-corrected chi connectivity index (χ2v) is 4.95. The molecule has 0 bridgehead atoms. The highest BCUT2D eigenvalue weighted by Gasteiger charge is 2.37. The molecule has 0 saturated heterocycles. The zero-order valence-corrected chi connectivity index (χ0v) is 8.91. The maximum absolute atomic E-state index is 6.32. The quantitative estimate of drug-likeness (QED) is 0.806. The van der Waals surface area contributed by atoms with E-state index in [0.29, 0.717) is 11.8 Å². The van der Waals surface area contributed by atoms with E-state index in [2.05, 4.69) is 10.1 Å². The first-order chi connectivity index (χ1) is 7.28. The molecule has 82 valence electrons. The molecule has 0 atom stereocenters. The molecule has 0 aromatic carbocycles. The summed E-state index contributed by atoms with van der Waals surface area (Å²) >= 11 is 0. The minimum atomic E-state index is -0.335. The molecule has 4 nitrogen and oxygen atoms in total. The van der Waals surface area contributed by atoms with Gasteiger partial charge in [-0.2, -0.15) is 4.98 Å². The fourth-order valence-corrected chi connectivity index (χ4v) is 2.34. The van der Waals surface area contributed by atoms with Crippen molar-refractivity contribution in [3.63, 3.8) is 0 Å². The average molecular weight is 207 g/mol. The molecule has 15 heavy (non-hydrogen) atoms. The standard InChI is InChI=1S/C11H17N3O/c12-11(6-2-1-3-7-11)10-13-9(14-15-10)8-4-5-8/h8H,1-7,12H2. The maximum Gasteiger partial charge on any atom is 0.246 e. The summed E-state index contributed by atoms with van der Waals surface area (Å²) < 4.78 is 5.32. The van der Waals surface area contributed by atoms with E-state index in [9.17, 15) is 0 Å². The molecule has 2 aliphatic carbocycles. The van der Waals surface area contributed by atoms with Gasteiger partial charge in [-0.25, -0.2) is 0 Å². The molecule has 2 fully saturated rings. The number of rotatable bonds is 2. The van der Waals surface area contributed by atoms with Crippen molar-refractivity contribution in [1.29, 1.82) is 0 Å². The Morgan fingerprint density at radius 2 is 1.93 bits per heavy atom. The predicted octanol–water partition coefficient (Wildman–Crippen LogP) is 2.07. The van der Waals surface area contributed by atoms with Crippen LogP contribution in [-0.2, 0) is 5.54 Å². The average Bonchev–Trinajstić information content (AvgIpc) is 2.97. The molecule has 0 aliphatic heterocycles. The molecule has 2 aliphatic rings.